The third-order valence-electron chi connectivity index (χ3n) is 7.10. The molecule has 0 N–H and O–H groups in total. The summed E-state index contributed by atoms with van der Waals surface area (Å²) in [4.78, 5) is 28.4. The highest BCUT2D eigenvalue weighted by Gasteiger charge is 2.62. The van der Waals surface area contributed by atoms with Crippen molar-refractivity contribution in [2.45, 2.75) is 6.54 Å². The van der Waals surface area contributed by atoms with Crippen molar-refractivity contribution in [2.75, 3.05) is 0 Å². The summed E-state index contributed by atoms with van der Waals surface area (Å²) >= 11 is 0. The number of carbonyl (C=O) groups is 2. The van der Waals surface area contributed by atoms with Crippen molar-refractivity contribution in [3.63, 3.8) is 0 Å². The third kappa shape index (κ3) is 2.81. The average molecular weight is 418 g/mol. The number of amides is 2. The van der Waals surface area contributed by atoms with Gasteiger partial charge >= 0.3 is 0 Å². The molecule has 3 aliphatic rings. The second-order valence-corrected chi connectivity index (χ2v) is 8.80. The zero-order chi connectivity index (χ0) is 21.7. The van der Waals surface area contributed by atoms with Gasteiger partial charge in [0.25, 0.3) is 0 Å². The molecule has 3 nitrogen and oxygen atoms in total. The highest BCUT2D eigenvalue weighted by atomic mass is 16.2. The minimum absolute atomic E-state index is 0.0290. The van der Waals surface area contributed by atoms with Gasteiger partial charge in [-0.15, -0.1) is 0 Å². The van der Waals surface area contributed by atoms with Crippen LogP contribution in [0, 0.1) is 23.7 Å². The Labute approximate surface area is 187 Å². The van der Waals surface area contributed by atoms with Gasteiger partial charge in [-0.2, -0.15) is 0 Å². The summed E-state index contributed by atoms with van der Waals surface area (Å²) in [6.45, 7) is 0.355. The van der Waals surface area contributed by atoms with E-state index in [0.29, 0.717) is 6.54 Å². The number of likely N-dealkylation sites (tertiary alicyclic amines) is 1. The standard InChI is InChI=1S/C29H23NO2/c31-28-26-22-16-17-23(27(26)29(32)30(28)18-19-10-4-1-5-11-19)25(22)24(20-12-6-2-7-13-20)21-14-8-3-9-15-21/h1-17,22-23,26-27H,18H2/t22-,23+,26-,27-/m0/s1. The molecule has 2 fully saturated rings. The first-order chi connectivity index (χ1) is 15.7. The van der Waals surface area contributed by atoms with Crippen molar-refractivity contribution >= 4 is 17.4 Å². The molecule has 3 aromatic rings. The Morgan fingerprint density at radius 1 is 0.625 bits per heavy atom. The van der Waals surface area contributed by atoms with E-state index in [0.717, 1.165) is 22.3 Å². The average Bonchev–Trinajstić information content (AvgIpc) is 3.47. The molecule has 1 saturated carbocycles. The lowest BCUT2D eigenvalue weighted by molar-refractivity contribution is -0.141. The molecule has 0 unspecified atom stereocenters. The number of rotatable bonds is 4. The Balaban J connectivity index is 1.44. The van der Waals surface area contributed by atoms with Crippen molar-refractivity contribution in [2.24, 2.45) is 23.7 Å². The minimum Gasteiger partial charge on any atom is -0.278 e. The molecule has 4 atom stereocenters. The van der Waals surface area contributed by atoms with Crippen molar-refractivity contribution in [3.05, 3.63) is 125 Å². The van der Waals surface area contributed by atoms with Gasteiger partial charge in [-0.05, 0) is 27.8 Å². The summed E-state index contributed by atoms with van der Waals surface area (Å²) < 4.78 is 0. The van der Waals surface area contributed by atoms with E-state index < -0.39 is 0 Å². The molecule has 1 saturated heterocycles. The molecular weight excluding hydrogens is 394 g/mol. The van der Waals surface area contributed by atoms with Gasteiger partial charge in [0.05, 0.1) is 18.4 Å². The Morgan fingerprint density at radius 2 is 1.06 bits per heavy atom. The van der Waals surface area contributed by atoms with E-state index in [9.17, 15) is 9.59 Å². The smallest absolute Gasteiger partial charge is 0.234 e. The Hall–Kier alpha value is -3.72. The monoisotopic (exact) mass is 417 g/mol. The topological polar surface area (TPSA) is 37.4 Å². The molecule has 3 heteroatoms. The van der Waals surface area contributed by atoms with Crippen LogP contribution in [-0.4, -0.2) is 16.7 Å². The van der Waals surface area contributed by atoms with Crippen LogP contribution < -0.4 is 0 Å². The van der Waals surface area contributed by atoms with E-state index in [1.54, 1.807) is 0 Å². The van der Waals surface area contributed by atoms with E-state index in [-0.39, 0.29) is 35.5 Å². The van der Waals surface area contributed by atoms with Gasteiger partial charge in [-0.1, -0.05) is 103 Å². The minimum atomic E-state index is -0.293. The fourth-order valence-corrected chi connectivity index (χ4v) is 5.79. The maximum Gasteiger partial charge on any atom is 0.234 e. The van der Waals surface area contributed by atoms with E-state index in [1.807, 2.05) is 66.7 Å². The molecule has 156 valence electrons. The van der Waals surface area contributed by atoms with Crippen LogP contribution in [0.5, 0.6) is 0 Å². The Kier molecular flexibility index (Phi) is 4.43. The van der Waals surface area contributed by atoms with E-state index in [1.165, 1.54) is 10.5 Å². The predicted octanol–water partition coefficient (Wildman–Crippen LogP) is 5.11. The SMILES string of the molecule is O=C1[C@@H]2[C@@H](C(=O)N1Cc1ccccc1)[C@H]1C=C[C@@H]2C1=C(c1ccccc1)c1ccccc1. The maximum atomic E-state index is 13.5. The van der Waals surface area contributed by atoms with Gasteiger partial charge in [0, 0.05) is 11.8 Å². The van der Waals surface area contributed by atoms with Crippen LogP contribution in [-0.2, 0) is 16.1 Å². The largest absolute Gasteiger partial charge is 0.278 e. The molecule has 1 heterocycles. The summed E-state index contributed by atoms with van der Waals surface area (Å²) in [7, 11) is 0. The van der Waals surface area contributed by atoms with Crippen LogP contribution in [0.25, 0.3) is 5.57 Å². The fraction of sp³-hybridized carbons (Fsp3) is 0.172. The van der Waals surface area contributed by atoms with Gasteiger partial charge < -0.3 is 0 Å². The summed E-state index contributed by atoms with van der Waals surface area (Å²) in [5.41, 5.74) is 5.63. The van der Waals surface area contributed by atoms with Gasteiger partial charge in [-0.25, -0.2) is 0 Å². The van der Waals surface area contributed by atoms with Crippen molar-refractivity contribution in [1.29, 1.82) is 0 Å². The summed E-state index contributed by atoms with van der Waals surface area (Å²) in [5, 5.41) is 0. The molecule has 0 radical (unpaired) electrons. The molecule has 2 bridgehead atoms. The van der Waals surface area contributed by atoms with E-state index >= 15 is 0 Å². The van der Waals surface area contributed by atoms with Crippen LogP contribution >= 0.6 is 0 Å². The van der Waals surface area contributed by atoms with Gasteiger partial charge in [0.15, 0.2) is 0 Å². The molecule has 32 heavy (non-hydrogen) atoms. The predicted molar refractivity (Wildman–Crippen MR) is 124 cm³/mol. The van der Waals surface area contributed by atoms with Crippen LogP contribution in [0.4, 0.5) is 0 Å². The summed E-state index contributed by atoms with van der Waals surface area (Å²) in [5.74, 6) is -0.704. The number of nitrogens with zero attached hydrogens (tertiary/aromatic N) is 1. The molecule has 0 spiro atoms. The lowest BCUT2D eigenvalue weighted by Crippen LogP contribution is -2.32. The van der Waals surface area contributed by atoms with Crippen LogP contribution in [0.3, 0.4) is 0 Å². The van der Waals surface area contributed by atoms with E-state index in [2.05, 4.69) is 36.4 Å². The lowest BCUT2D eigenvalue weighted by Gasteiger charge is -2.21. The zero-order valence-corrected chi connectivity index (χ0v) is 17.6. The number of allylic oxidation sites excluding steroid dienone is 3. The number of carbonyl (C=O) groups excluding carboxylic acids is 2. The molecule has 1 aliphatic heterocycles. The molecule has 2 aliphatic carbocycles. The lowest BCUT2D eigenvalue weighted by atomic mass is 9.85. The Bertz CT molecular complexity index is 1170. The van der Waals surface area contributed by atoms with E-state index in [4.69, 9.17) is 0 Å². The maximum absolute atomic E-state index is 13.5. The van der Waals surface area contributed by atoms with Crippen molar-refractivity contribution < 1.29 is 9.59 Å². The number of imide groups is 1. The molecule has 6 rings (SSSR count). The molecule has 3 aromatic carbocycles. The van der Waals surface area contributed by atoms with Crippen LogP contribution in [0.2, 0.25) is 0 Å². The summed E-state index contributed by atoms with van der Waals surface area (Å²) in [6, 6.07) is 30.5. The Morgan fingerprint density at radius 3 is 1.53 bits per heavy atom. The van der Waals surface area contributed by atoms with Crippen LogP contribution in [0.15, 0.2) is 109 Å². The van der Waals surface area contributed by atoms with Crippen LogP contribution in [0.1, 0.15) is 16.7 Å². The first-order valence-corrected chi connectivity index (χ1v) is 11.2. The second kappa shape index (κ2) is 7.45. The molecule has 0 aromatic heterocycles. The zero-order valence-electron chi connectivity index (χ0n) is 17.6. The summed E-state index contributed by atoms with van der Waals surface area (Å²) in [6.07, 6.45) is 4.31. The third-order valence-corrected chi connectivity index (χ3v) is 7.10. The van der Waals surface area contributed by atoms with Gasteiger partial charge in [0.2, 0.25) is 11.8 Å². The number of hydrogen-bond acceptors (Lipinski definition) is 2. The normalized spacial score (nSPS) is 25.5. The highest BCUT2D eigenvalue weighted by molar-refractivity contribution is 6.08. The first kappa shape index (κ1) is 19.0. The first-order valence-electron chi connectivity index (χ1n) is 11.2. The van der Waals surface area contributed by atoms with Gasteiger partial charge in [0.1, 0.15) is 0 Å². The van der Waals surface area contributed by atoms with Crippen molar-refractivity contribution in [1.82, 2.24) is 4.90 Å². The fourth-order valence-electron chi connectivity index (χ4n) is 5.79. The molecule has 2 amide bonds. The second-order valence-electron chi connectivity index (χ2n) is 8.80. The highest BCUT2D eigenvalue weighted by Crippen LogP contribution is 2.58. The van der Waals surface area contributed by atoms with Gasteiger partial charge in [-0.3, -0.25) is 14.5 Å². The quantitative estimate of drug-likeness (QED) is 0.437. The number of hydrogen-bond donors (Lipinski definition) is 0. The number of benzene rings is 3. The van der Waals surface area contributed by atoms with Crippen molar-refractivity contribution in [3.8, 4) is 0 Å². The number of fused-ring (bicyclic) bond motifs is 5. The molecular formula is C29H23NO2.